The minimum absolute atomic E-state index is 0.000981. The average molecular weight is 374 g/mol. The van der Waals surface area contributed by atoms with Crippen molar-refractivity contribution < 1.29 is 24.4 Å². The maximum absolute atomic E-state index is 14.3. The minimum atomic E-state index is -1.59. The first-order chi connectivity index (χ1) is 12.8. The van der Waals surface area contributed by atoms with Crippen molar-refractivity contribution in [2.45, 2.75) is 37.1 Å². The fraction of sp³-hybridized carbons (Fsp3) is 0.333. The first-order valence-corrected chi connectivity index (χ1v) is 8.38. The Balaban J connectivity index is 1.74. The molecule has 0 radical (unpaired) electrons. The fourth-order valence-electron chi connectivity index (χ4n) is 3.55. The number of benzene rings is 1. The SMILES string of the molecule is CC(O)(c1ccccc1)[C@H]1OC(n2cc(F)c3c(N)ncnc32)[C@H](O)[C@@H]1O. The van der Waals surface area contributed by atoms with Gasteiger partial charge >= 0.3 is 0 Å². The summed E-state index contributed by atoms with van der Waals surface area (Å²) in [5, 5.41) is 32.0. The summed E-state index contributed by atoms with van der Waals surface area (Å²) in [4.78, 5) is 7.77. The molecule has 2 unspecified atom stereocenters. The summed E-state index contributed by atoms with van der Waals surface area (Å²) in [7, 11) is 0. The van der Waals surface area contributed by atoms with Gasteiger partial charge in [-0.15, -0.1) is 0 Å². The maximum Gasteiger partial charge on any atom is 0.164 e. The van der Waals surface area contributed by atoms with Gasteiger partial charge in [0.25, 0.3) is 0 Å². The number of nitrogens with zero attached hydrogens (tertiary/aromatic N) is 3. The Hall–Kier alpha value is -2.59. The van der Waals surface area contributed by atoms with Crippen LogP contribution in [0.15, 0.2) is 42.9 Å². The van der Waals surface area contributed by atoms with Crippen LogP contribution in [0.25, 0.3) is 11.0 Å². The highest BCUT2D eigenvalue weighted by atomic mass is 19.1. The highest BCUT2D eigenvalue weighted by Crippen LogP contribution is 2.40. The van der Waals surface area contributed by atoms with Gasteiger partial charge in [-0.05, 0) is 12.5 Å². The van der Waals surface area contributed by atoms with Crippen LogP contribution < -0.4 is 5.73 Å². The Labute approximate surface area is 153 Å². The van der Waals surface area contributed by atoms with Gasteiger partial charge in [0.2, 0.25) is 0 Å². The lowest BCUT2D eigenvalue weighted by molar-refractivity contribution is -0.135. The van der Waals surface area contributed by atoms with Crippen LogP contribution in [-0.4, -0.2) is 48.2 Å². The van der Waals surface area contributed by atoms with E-state index in [1.165, 1.54) is 17.8 Å². The predicted molar refractivity (Wildman–Crippen MR) is 93.8 cm³/mol. The number of hydrogen-bond donors (Lipinski definition) is 4. The number of aliphatic hydroxyl groups is 3. The van der Waals surface area contributed by atoms with Gasteiger partial charge in [-0.3, -0.25) is 0 Å². The normalized spacial score (nSPS) is 27.7. The number of hydrogen-bond acceptors (Lipinski definition) is 7. The third-order valence-corrected chi connectivity index (χ3v) is 5.02. The Morgan fingerprint density at radius 2 is 1.89 bits per heavy atom. The molecule has 142 valence electrons. The molecule has 5 N–H and O–H groups in total. The molecule has 1 aliphatic heterocycles. The standard InChI is InChI=1S/C18H19FN4O4/c1-18(26,9-5-3-2-4-6-9)14-12(24)13(25)17(27-14)23-7-10(19)11-15(20)21-8-22-16(11)23/h2-8,12-14,17,24-26H,1H3,(H2,20,21,22)/t12-,13+,14-,17?,18?/m0/s1. The van der Waals surface area contributed by atoms with Gasteiger partial charge in [0.05, 0.1) is 5.39 Å². The molecule has 0 bridgehead atoms. The molecule has 1 fully saturated rings. The van der Waals surface area contributed by atoms with Crippen LogP contribution in [0.1, 0.15) is 18.7 Å². The molecular weight excluding hydrogens is 355 g/mol. The zero-order valence-electron chi connectivity index (χ0n) is 14.4. The summed E-state index contributed by atoms with van der Waals surface area (Å²) in [5.41, 5.74) is 4.75. The Morgan fingerprint density at radius 3 is 2.59 bits per heavy atom. The van der Waals surface area contributed by atoms with E-state index < -0.39 is 36.0 Å². The quantitative estimate of drug-likeness (QED) is 0.531. The smallest absolute Gasteiger partial charge is 0.164 e. The summed E-state index contributed by atoms with van der Waals surface area (Å²) < 4.78 is 21.4. The zero-order valence-corrected chi connectivity index (χ0v) is 14.4. The van der Waals surface area contributed by atoms with Crippen LogP contribution in [0, 0.1) is 5.82 Å². The molecule has 0 saturated carbocycles. The maximum atomic E-state index is 14.3. The second-order valence-corrected chi connectivity index (χ2v) is 6.78. The largest absolute Gasteiger partial charge is 0.387 e. The van der Waals surface area contributed by atoms with Crippen LogP contribution >= 0.6 is 0 Å². The summed E-state index contributed by atoms with van der Waals surface area (Å²) in [6.45, 7) is 1.49. The van der Waals surface area contributed by atoms with E-state index in [4.69, 9.17) is 10.5 Å². The molecular formula is C18H19FN4O4. The molecule has 0 spiro atoms. The van der Waals surface area contributed by atoms with E-state index in [2.05, 4.69) is 9.97 Å². The van der Waals surface area contributed by atoms with Gasteiger partial charge in [-0.1, -0.05) is 30.3 Å². The lowest BCUT2D eigenvalue weighted by atomic mass is 9.87. The van der Waals surface area contributed by atoms with E-state index in [0.717, 1.165) is 6.20 Å². The average Bonchev–Trinajstić information content (AvgIpc) is 3.14. The first-order valence-electron chi connectivity index (χ1n) is 8.38. The van der Waals surface area contributed by atoms with Crippen molar-refractivity contribution >= 4 is 16.9 Å². The van der Waals surface area contributed by atoms with E-state index in [-0.39, 0.29) is 16.9 Å². The van der Waals surface area contributed by atoms with Crippen LogP contribution in [0.2, 0.25) is 0 Å². The monoisotopic (exact) mass is 374 g/mol. The summed E-state index contributed by atoms with van der Waals surface area (Å²) in [5.74, 6) is -0.719. The lowest BCUT2D eigenvalue weighted by Crippen LogP contribution is -2.45. The third kappa shape index (κ3) is 2.67. The summed E-state index contributed by atoms with van der Waals surface area (Å²) >= 11 is 0. The number of anilines is 1. The van der Waals surface area contributed by atoms with E-state index in [1.807, 2.05) is 0 Å². The summed E-state index contributed by atoms with van der Waals surface area (Å²) in [6.07, 6.45) is -2.90. The molecule has 4 rings (SSSR count). The highest BCUT2D eigenvalue weighted by Gasteiger charge is 2.52. The minimum Gasteiger partial charge on any atom is -0.387 e. The Morgan fingerprint density at radius 1 is 1.19 bits per heavy atom. The summed E-state index contributed by atoms with van der Waals surface area (Å²) in [6, 6.07) is 8.66. The molecule has 2 aromatic heterocycles. The number of halogens is 1. The number of nitrogens with two attached hydrogens (primary N) is 1. The number of aliphatic hydroxyl groups excluding tert-OH is 2. The van der Waals surface area contributed by atoms with Gasteiger partial charge in [0.15, 0.2) is 17.7 Å². The van der Waals surface area contributed by atoms with Crippen molar-refractivity contribution in [3.05, 3.63) is 54.2 Å². The lowest BCUT2D eigenvalue weighted by Gasteiger charge is -2.32. The second kappa shape index (κ2) is 6.24. The predicted octanol–water partition coefficient (Wildman–Crippen LogP) is 0.679. The van der Waals surface area contributed by atoms with Crippen LogP contribution in [0.4, 0.5) is 10.2 Å². The van der Waals surface area contributed by atoms with Crippen LogP contribution in [0.3, 0.4) is 0 Å². The van der Waals surface area contributed by atoms with Crippen molar-refractivity contribution in [2.75, 3.05) is 5.73 Å². The van der Waals surface area contributed by atoms with Crippen LogP contribution in [-0.2, 0) is 10.3 Å². The number of rotatable bonds is 3. The van der Waals surface area contributed by atoms with Crippen molar-refractivity contribution in [1.82, 2.24) is 14.5 Å². The van der Waals surface area contributed by atoms with E-state index in [9.17, 15) is 19.7 Å². The molecule has 1 aromatic carbocycles. The van der Waals surface area contributed by atoms with Gasteiger partial charge in [0, 0.05) is 6.20 Å². The zero-order chi connectivity index (χ0) is 19.3. The molecule has 3 aromatic rings. The van der Waals surface area contributed by atoms with E-state index >= 15 is 0 Å². The molecule has 9 heteroatoms. The van der Waals surface area contributed by atoms with Crippen molar-refractivity contribution in [1.29, 1.82) is 0 Å². The van der Waals surface area contributed by atoms with Gasteiger partial charge < -0.3 is 30.4 Å². The molecule has 8 nitrogen and oxygen atoms in total. The van der Waals surface area contributed by atoms with Crippen molar-refractivity contribution in [2.24, 2.45) is 0 Å². The Kier molecular flexibility index (Phi) is 4.11. The number of nitrogen functional groups attached to an aromatic ring is 1. The Bertz CT molecular complexity index is 978. The van der Waals surface area contributed by atoms with Crippen molar-refractivity contribution in [3.63, 3.8) is 0 Å². The molecule has 0 aliphatic carbocycles. The first kappa shape index (κ1) is 17.8. The molecule has 1 saturated heterocycles. The number of fused-ring (bicyclic) bond motifs is 1. The second-order valence-electron chi connectivity index (χ2n) is 6.78. The topological polar surface area (TPSA) is 127 Å². The molecule has 3 heterocycles. The molecule has 1 aliphatic rings. The van der Waals surface area contributed by atoms with E-state index in [0.29, 0.717) is 5.56 Å². The number of aromatic nitrogens is 3. The molecule has 5 atom stereocenters. The third-order valence-electron chi connectivity index (χ3n) is 5.02. The van der Waals surface area contributed by atoms with Crippen LogP contribution in [0.5, 0.6) is 0 Å². The molecule has 27 heavy (non-hydrogen) atoms. The van der Waals surface area contributed by atoms with Gasteiger partial charge in [-0.2, -0.15) is 0 Å². The fourth-order valence-corrected chi connectivity index (χ4v) is 3.55. The van der Waals surface area contributed by atoms with Crippen molar-refractivity contribution in [3.8, 4) is 0 Å². The highest BCUT2D eigenvalue weighted by molar-refractivity contribution is 5.86. The van der Waals surface area contributed by atoms with E-state index in [1.54, 1.807) is 30.3 Å². The van der Waals surface area contributed by atoms with Gasteiger partial charge in [-0.25, -0.2) is 14.4 Å². The number of ether oxygens (including phenoxy) is 1. The van der Waals surface area contributed by atoms with Gasteiger partial charge in [0.1, 0.15) is 36.1 Å². The molecule has 0 amide bonds.